The highest BCUT2D eigenvalue weighted by atomic mass is 32.1. The Morgan fingerprint density at radius 2 is 2.30 bits per heavy atom. The smallest absolute Gasteiger partial charge is 0.0736 e. The summed E-state index contributed by atoms with van der Waals surface area (Å²) in [6.45, 7) is 7.82. The van der Waals surface area contributed by atoms with Crippen LogP contribution in [0.25, 0.3) is 0 Å². The van der Waals surface area contributed by atoms with Gasteiger partial charge in [0.1, 0.15) is 0 Å². The quantitative estimate of drug-likeness (QED) is 0.778. The number of nitrogens with zero attached hydrogens (tertiary/aromatic N) is 3. The van der Waals surface area contributed by atoms with Crippen molar-refractivity contribution >= 4 is 11.3 Å². The van der Waals surface area contributed by atoms with Gasteiger partial charge in [0, 0.05) is 55.3 Å². The zero-order chi connectivity index (χ0) is 15.6. The molecule has 2 aliphatic rings. The molecule has 5 heteroatoms. The Bertz CT molecular complexity index is 633. The first kappa shape index (κ1) is 15.4. The second-order valence-corrected chi connectivity index (χ2v) is 7.84. The molecule has 2 aromatic rings. The molecule has 0 aromatic carbocycles. The van der Waals surface area contributed by atoms with Crippen LogP contribution in [-0.4, -0.2) is 34.4 Å². The van der Waals surface area contributed by atoms with Gasteiger partial charge >= 0.3 is 0 Å². The van der Waals surface area contributed by atoms with Gasteiger partial charge in [-0.2, -0.15) is 5.10 Å². The van der Waals surface area contributed by atoms with Gasteiger partial charge in [-0.05, 0) is 37.1 Å². The molecule has 0 bridgehead atoms. The van der Waals surface area contributed by atoms with E-state index in [9.17, 15) is 0 Å². The first-order chi connectivity index (χ1) is 11.3. The van der Waals surface area contributed by atoms with E-state index in [1.807, 2.05) is 11.3 Å². The van der Waals surface area contributed by atoms with Crippen LogP contribution in [0.2, 0.25) is 0 Å². The molecule has 1 saturated carbocycles. The van der Waals surface area contributed by atoms with Crippen LogP contribution in [0.1, 0.15) is 41.8 Å². The summed E-state index contributed by atoms with van der Waals surface area (Å²) in [6.07, 6.45) is 5.03. The molecule has 4 rings (SSSR count). The molecule has 1 fully saturated rings. The van der Waals surface area contributed by atoms with Crippen LogP contribution < -0.4 is 0 Å². The molecule has 3 heterocycles. The van der Waals surface area contributed by atoms with Crippen molar-refractivity contribution in [3.8, 4) is 0 Å². The molecular weight excluding hydrogens is 306 g/mol. The average molecular weight is 331 g/mol. The SMILES string of the molecule is CCOC[C@H]1CN(Cc2cccs2)Cc2cn(CC3CC3)nc21. The van der Waals surface area contributed by atoms with Gasteiger partial charge in [0.2, 0.25) is 0 Å². The lowest BCUT2D eigenvalue weighted by Crippen LogP contribution is -2.34. The third-order valence-electron chi connectivity index (χ3n) is 4.75. The van der Waals surface area contributed by atoms with E-state index in [0.717, 1.165) is 45.3 Å². The maximum absolute atomic E-state index is 5.74. The van der Waals surface area contributed by atoms with Crippen LogP contribution in [-0.2, 0) is 24.4 Å². The lowest BCUT2D eigenvalue weighted by Gasteiger charge is -2.31. The first-order valence-electron chi connectivity index (χ1n) is 8.70. The summed E-state index contributed by atoms with van der Waals surface area (Å²) < 4.78 is 7.93. The molecule has 1 aliphatic heterocycles. The van der Waals surface area contributed by atoms with E-state index in [1.165, 1.54) is 29.0 Å². The molecule has 1 atom stereocenters. The largest absolute Gasteiger partial charge is 0.381 e. The Kier molecular flexibility index (Phi) is 4.51. The summed E-state index contributed by atoms with van der Waals surface area (Å²) >= 11 is 1.85. The highest BCUT2D eigenvalue weighted by Gasteiger charge is 2.30. The van der Waals surface area contributed by atoms with E-state index >= 15 is 0 Å². The normalized spacial score (nSPS) is 21.5. The maximum atomic E-state index is 5.74. The molecule has 4 nitrogen and oxygen atoms in total. The number of thiophene rings is 1. The number of fused-ring (bicyclic) bond motifs is 1. The topological polar surface area (TPSA) is 30.3 Å². The predicted molar refractivity (Wildman–Crippen MR) is 92.6 cm³/mol. The fraction of sp³-hybridized carbons (Fsp3) is 0.611. The van der Waals surface area contributed by atoms with Gasteiger partial charge in [-0.1, -0.05) is 6.07 Å². The molecule has 0 amide bonds. The Balaban J connectivity index is 1.51. The molecule has 0 radical (unpaired) electrons. The Labute approximate surface area is 142 Å². The Morgan fingerprint density at radius 1 is 1.39 bits per heavy atom. The van der Waals surface area contributed by atoms with Crippen molar-refractivity contribution < 1.29 is 4.74 Å². The molecule has 0 N–H and O–H groups in total. The molecule has 2 aromatic heterocycles. The van der Waals surface area contributed by atoms with Crippen molar-refractivity contribution in [2.45, 2.75) is 45.3 Å². The van der Waals surface area contributed by atoms with E-state index in [2.05, 4.69) is 40.2 Å². The van der Waals surface area contributed by atoms with Crippen LogP contribution >= 0.6 is 11.3 Å². The molecule has 0 unspecified atom stereocenters. The van der Waals surface area contributed by atoms with Gasteiger partial charge in [0.25, 0.3) is 0 Å². The van der Waals surface area contributed by atoms with Crippen LogP contribution in [0.3, 0.4) is 0 Å². The number of ether oxygens (including phenoxy) is 1. The third kappa shape index (κ3) is 3.67. The minimum absolute atomic E-state index is 0.402. The van der Waals surface area contributed by atoms with Crippen molar-refractivity contribution in [1.82, 2.24) is 14.7 Å². The Morgan fingerprint density at radius 3 is 3.04 bits per heavy atom. The zero-order valence-electron chi connectivity index (χ0n) is 13.8. The summed E-state index contributed by atoms with van der Waals surface area (Å²) in [5.74, 6) is 1.27. The zero-order valence-corrected chi connectivity index (χ0v) is 14.6. The molecule has 0 saturated heterocycles. The highest BCUT2D eigenvalue weighted by Crippen LogP contribution is 2.33. The minimum atomic E-state index is 0.402. The Hall–Kier alpha value is -1.17. The van der Waals surface area contributed by atoms with E-state index in [4.69, 9.17) is 9.84 Å². The predicted octanol–water partition coefficient (Wildman–Crippen LogP) is 3.49. The van der Waals surface area contributed by atoms with E-state index in [0.29, 0.717) is 5.92 Å². The van der Waals surface area contributed by atoms with Crippen molar-refractivity contribution in [3.63, 3.8) is 0 Å². The van der Waals surface area contributed by atoms with Gasteiger partial charge < -0.3 is 4.74 Å². The summed E-state index contributed by atoms with van der Waals surface area (Å²) in [5.41, 5.74) is 2.68. The monoisotopic (exact) mass is 331 g/mol. The summed E-state index contributed by atoms with van der Waals surface area (Å²) in [6, 6.07) is 4.37. The highest BCUT2D eigenvalue weighted by molar-refractivity contribution is 7.09. The van der Waals surface area contributed by atoms with Gasteiger partial charge in [-0.15, -0.1) is 11.3 Å². The van der Waals surface area contributed by atoms with Crippen molar-refractivity contribution in [2.75, 3.05) is 19.8 Å². The molecule has 124 valence electrons. The van der Waals surface area contributed by atoms with Gasteiger partial charge in [-0.25, -0.2) is 0 Å². The lowest BCUT2D eigenvalue weighted by molar-refractivity contribution is 0.104. The molecular formula is C18H25N3OS. The molecule has 0 spiro atoms. The summed E-state index contributed by atoms with van der Waals surface area (Å²) in [4.78, 5) is 3.98. The lowest BCUT2D eigenvalue weighted by atomic mass is 9.97. The number of rotatable bonds is 7. The van der Waals surface area contributed by atoms with Crippen molar-refractivity contribution in [1.29, 1.82) is 0 Å². The maximum Gasteiger partial charge on any atom is 0.0736 e. The number of hydrogen-bond donors (Lipinski definition) is 0. The van der Waals surface area contributed by atoms with Crippen molar-refractivity contribution in [2.24, 2.45) is 5.92 Å². The third-order valence-corrected chi connectivity index (χ3v) is 5.62. The fourth-order valence-corrected chi connectivity index (χ4v) is 4.19. The average Bonchev–Trinajstić information content (AvgIpc) is 3.04. The van der Waals surface area contributed by atoms with Crippen molar-refractivity contribution in [3.05, 3.63) is 39.8 Å². The van der Waals surface area contributed by atoms with Crippen LogP contribution in [0.4, 0.5) is 0 Å². The minimum Gasteiger partial charge on any atom is -0.381 e. The first-order valence-corrected chi connectivity index (χ1v) is 9.58. The van der Waals surface area contributed by atoms with E-state index in [1.54, 1.807) is 0 Å². The van der Waals surface area contributed by atoms with E-state index < -0.39 is 0 Å². The second-order valence-electron chi connectivity index (χ2n) is 6.81. The fourth-order valence-electron chi connectivity index (χ4n) is 3.44. The number of hydrogen-bond acceptors (Lipinski definition) is 4. The van der Waals surface area contributed by atoms with Gasteiger partial charge in [0.15, 0.2) is 0 Å². The number of aromatic nitrogens is 2. The standard InChI is InChI=1S/C18H25N3OS/c1-2-22-13-16-10-20(12-17-4-3-7-23-17)9-15-11-21(19-18(15)16)8-14-5-6-14/h3-4,7,11,14,16H,2,5-6,8-10,12-13H2,1H3/t16-/m1/s1. The summed E-state index contributed by atoms with van der Waals surface area (Å²) in [7, 11) is 0. The van der Waals surface area contributed by atoms with E-state index in [-0.39, 0.29) is 0 Å². The molecule has 23 heavy (non-hydrogen) atoms. The second kappa shape index (κ2) is 6.75. The van der Waals surface area contributed by atoms with Crippen LogP contribution in [0.15, 0.2) is 23.7 Å². The molecule has 1 aliphatic carbocycles. The van der Waals surface area contributed by atoms with Crippen LogP contribution in [0.5, 0.6) is 0 Å². The van der Waals surface area contributed by atoms with Crippen LogP contribution in [0, 0.1) is 5.92 Å². The summed E-state index contributed by atoms with van der Waals surface area (Å²) in [5, 5.41) is 7.07. The van der Waals surface area contributed by atoms with Gasteiger partial charge in [0.05, 0.1) is 12.3 Å². The van der Waals surface area contributed by atoms with Gasteiger partial charge in [-0.3, -0.25) is 9.58 Å².